The molecule has 24 heavy (non-hydrogen) atoms. The monoisotopic (exact) mass is 336 g/mol. The number of benzene rings is 1. The van der Waals surface area contributed by atoms with E-state index in [4.69, 9.17) is 0 Å². The smallest absolute Gasteiger partial charge is 0.224 e. The van der Waals surface area contributed by atoms with Crippen molar-refractivity contribution in [2.75, 3.05) is 13.1 Å². The van der Waals surface area contributed by atoms with Crippen LogP contribution in [0.4, 0.5) is 8.78 Å². The van der Waals surface area contributed by atoms with Gasteiger partial charge < -0.3 is 10.2 Å². The molecule has 0 aromatic heterocycles. The van der Waals surface area contributed by atoms with E-state index in [9.17, 15) is 13.6 Å². The van der Waals surface area contributed by atoms with Crippen LogP contribution >= 0.6 is 0 Å². The van der Waals surface area contributed by atoms with Gasteiger partial charge in [-0.3, -0.25) is 4.79 Å². The van der Waals surface area contributed by atoms with E-state index >= 15 is 0 Å². The second kappa shape index (κ2) is 8.06. The normalized spacial score (nSPS) is 20.9. The largest absolute Gasteiger partial charge is 0.353 e. The van der Waals surface area contributed by atoms with Crippen molar-refractivity contribution in [2.24, 2.45) is 0 Å². The Morgan fingerprint density at radius 3 is 2.42 bits per heavy atom. The Labute approximate surface area is 142 Å². The number of carbonyl (C=O) groups is 1. The molecular formula is C19H26F2N2O. The number of hydrogen-bond donors (Lipinski definition) is 1. The summed E-state index contributed by atoms with van der Waals surface area (Å²) in [4.78, 5) is 14.7. The zero-order chi connectivity index (χ0) is 16.9. The third-order valence-electron chi connectivity index (χ3n) is 5.33. The zero-order valence-electron chi connectivity index (χ0n) is 14.1. The second-order valence-corrected chi connectivity index (χ2v) is 7.09. The average Bonchev–Trinajstić information content (AvgIpc) is 2.59. The minimum atomic E-state index is -0.902. The molecular weight excluding hydrogens is 310 g/mol. The van der Waals surface area contributed by atoms with Crippen LogP contribution in [-0.4, -0.2) is 36.0 Å². The molecule has 5 heteroatoms. The van der Waals surface area contributed by atoms with Gasteiger partial charge >= 0.3 is 0 Å². The molecule has 1 saturated carbocycles. The summed E-state index contributed by atoms with van der Waals surface area (Å²) in [7, 11) is 0. The van der Waals surface area contributed by atoms with E-state index in [0.717, 1.165) is 44.1 Å². The number of piperidine rings is 1. The molecule has 132 valence electrons. The molecule has 0 unspecified atom stereocenters. The van der Waals surface area contributed by atoms with Gasteiger partial charge in [0.05, 0.1) is 6.42 Å². The molecule has 1 saturated heterocycles. The molecule has 3 rings (SSSR count). The quantitative estimate of drug-likeness (QED) is 0.914. The van der Waals surface area contributed by atoms with Crippen molar-refractivity contribution in [3.8, 4) is 0 Å². The fourth-order valence-electron chi connectivity index (χ4n) is 3.97. The number of halogens is 2. The first-order valence-electron chi connectivity index (χ1n) is 9.09. The molecule has 1 heterocycles. The van der Waals surface area contributed by atoms with Crippen LogP contribution in [0.25, 0.3) is 0 Å². The van der Waals surface area contributed by atoms with Gasteiger partial charge in [-0.1, -0.05) is 25.3 Å². The molecule has 3 nitrogen and oxygen atoms in total. The molecule has 0 atom stereocenters. The molecule has 2 aliphatic rings. The Morgan fingerprint density at radius 2 is 1.75 bits per heavy atom. The van der Waals surface area contributed by atoms with Crippen molar-refractivity contribution in [3.63, 3.8) is 0 Å². The summed E-state index contributed by atoms with van der Waals surface area (Å²) < 4.78 is 26.1. The van der Waals surface area contributed by atoms with Crippen LogP contribution in [0.15, 0.2) is 18.2 Å². The van der Waals surface area contributed by atoms with Gasteiger partial charge in [-0.2, -0.15) is 0 Å². The number of amides is 1. The first-order chi connectivity index (χ1) is 11.6. The Balaban J connectivity index is 1.43. The topological polar surface area (TPSA) is 32.3 Å². The van der Waals surface area contributed by atoms with Crippen LogP contribution in [0.3, 0.4) is 0 Å². The van der Waals surface area contributed by atoms with Crippen molar-refractivity contribution in [2.45, 2.75) is 63.5 Å². The highest BCUT2D eigenvalue weighted by Gasteiger charge is 2.26. The van der Waals surface area contributed by atoms with Crippen molar-refractivity contribution in [3.05, 3.63) is 35.4 Å². The Hall–Kier alpha value is -1.49. The van der Waals surface area contributed by atoms with Gasteiger partial charge in [0.2, 0.25) is 5.91 Å². The van der Waals surface area contributed by atoms with Crippen LogP contribution in [0.2, 0.25) is 0 Å². The fourth-order valence-corrected chi connectivity index (χ4v) is 3.97. The summed E-state index contributed by atoms with van der Waals surface area (Å²) in [5, 5.41) is 3.04. The highest BCUT2D eigenvalue weighted by Crippen LogP contribution is 2.25. The fraction of sp³-hybridized carbons (Fsp3) is 0.632. The van der Waals surface area contributed by atoms with Crippen molar-refractivity contribution >= 4 is 5.91 Å². The summed E-state index contributed by atoms with van der Waals surface area (Å²) in [6.07, 6.45) is 8.72. The van der Waals surface area contributed by atoms with Crippen LogP contribution in [0, 0.1) is 11.6 Å². The van der Waals surface area contributed by atoms with Gasteiger partial charge in [-0.05, 0) is 43.4 Å². The third kappa shape index (κ3) is 4.53. The van der Waals surface area contributed by atoms with Gasteiger partial charge in [0.25, 0.3) is 0 Å². The van der Waals surface area contributed by atoms with Gasteiger partial charge in [0.15, 0.2) is 11.6 Å². The maximum absolute atomic E-state index is 13.2. The predicted octanol–water partition coefficient (Wildman–Crippen LogP) is 3.42. The first-order valence-corrected chi connectivity index (χ1v) is 9.09. The van der Waals surface area contributed by atoms with Crippen molar-refractivity contribution in [1.82, 2.24) is 10.2 Å². The summed E-state index contributed by atoms with van der Waals surface area (Å²) in [6, 6.07) is 4.56. The van der Waals surface area contributed by atoms with E-state index in [1.54, 1.807) is 0 Å². The molecule has 0 spiro atoms. The Morgan fingerprint density at radius 1 is 1.04 bits per heavy atom. The van der Waals surface area contributed by atoms with Crippen LogP contribution in [0.5, 0.6) is 0 Å². The molecule has 1 amide bonds. The predicted molar refractivity (Wildman–Crippen MR) is 89.7 cm³/mol. The highest BCUT2D eigenvalue weighted by atomic mass is 19.2. The van der Waals surface area contributed by atoms with E-state index in [-0.39, 0.29) is 18.4 Å². The van der Waals surface area contributed by atoms with Crippen LogP contribution in [-0.2, 0) is 11.2 Å². The lowest BCUT2D eigenvalue weighted by Crippen LogP contribution is -2.48. The summed E-state index contributed by atoms with van der Waals surface area (Å²) in [6.45, 7) is 2.08. The minimum Gasteiger partial charge on any atom is -0.353 e. The highest BCUT2D eigenvalue weighted by molar-refractivity contribution is 5.78. The lowest BCUT2D eigenvalue weighted by atomic mass is 9.92. The molecule has 1 aliphatic heterocycles. The zero-order valence-corrected chi connectivity index (χ0v) is 14.1. The molecule has 0 radical (unpaired) electrons. The number of carbonyl (C=O) groups excluding carboxylic acids is 1. The number of rotatable bonds is 4. The van der Waals surface area contributed by atoms with Crippen molar-refractivity contribution < 1.29 is 13.6 Å². The molecule has 1 aliphatic carbocycles. The van der Waals surface area contributed by atoms with E-state index < -0.39 is 11.6 Å². The van der Waals surface area contributed by atoms with Crippen molar-refractivity contribution in [1.29, 1.82) is 0 Å². The van der Waals surface area contributed by atoms with Gasteiger partial charge in [-0.15, -0.1) is 0 Å². The standard InChI is InChI=1S/C19H26F2N2O/c20-17-7-6-14(12-18(17)21)13-19(24)22-15-8-10-23(11-9-15)16-4-2-1-3-5-16/h6-7,12,15-16H,1-5,8-11,13H2,(H,22,24). The number of likely N-dealkylation sites (tertiary alicyclic amines) is 1. The van der Waals surface area contributed by atoms with Crippen LogP contribution < -0.4 is 5.32 Å². The lowest BCUT2D eigenvalue weighted by Gasteiger charge is -2.39. The molecule has 0 bridgehead atoms. The van der Waals surface area contributed by atoms with Gasteiger partial charge in [0.1, 0.15) is 0 Å². The summed E-state index contributed by atoms with van der Waals surface area (Å²) >= 11 is 0. The van der Waals surface area contributed by atoms with E-state index in [1.165, 1.54) is 38.2 Å². The lowest BCUT2D eigenvalue weighted by molar-refractivity contribution is -0.121. The van der Waals surface area contributed by atoms with E-state index in [1.807, 2.05) is 0 Å². The van der Waals surface area contributed by atoms with Gasteiger partial charge in [0, 0.05) is 25.2 Å². The van der Waals surface area contributed by atoms with Crippen LogP contribution in [0.1, 0.15) is 50.5 Å². The molecule has 1 aromatic carbocycles. The average molecular weight is 336 g/mol. The maximum atomic E-state index is 13.2. The Kier molecular flexibility index (Phi) is 5.82. The minimum absolute atomic E-state index is 0.0973. The number of nitrogens with one attached hydrogen (secondary N) is 1. The van der Waals surface area contributed by atoms with E-state index in [2.05, 4.69) is 10.2 Å². The van der Waals surface area contributed by atoms with E-state index in [0.29, 0.717) is 5.56 Å². The Bertz CT molecular complexity index is 564. The third-order valence-corrected chi connectivity index (χ3v) is 5.33. The summed E-state index contributed by atoms with van der Waals surface area (Å²) in [5.74, 6) is -1.90. The first kappa shape index (κ1) is 17.3. The molecule has 1 N–H and O–H groups in total. The molecule has 1 aromatic rings. The number of hydrogen-bond acceptors (Lipinski definition) is 2. The molecule has 2 fully saturated rings. The summed E-state index contributed by atoms with van der Waals surface area (Å²) in [5.41, 5.74) is 0.506. The van der Waals surface area contributed by atoms with Gasteiger partial charge in [-0.25, -0.2) is 8.78 Å². The maximum Gasteiger partial charge on any atom is 0.224 e. The second-order valence-electron chi connectivity index (χ2n) is 7.09. The number of nitrogens with zero attached hydrogens (tertiary/aromatic N) is 1. The SMILES string of the molecule is O=C(Cc1ccc(F)c(F)c1)NC1CCN(C2CCCCC2)CC1.